The molecule has 0 aliphatic carbocycles. The fourth-order valence-corrected chi connectivity index (χ4v) is 4.15. The van der Waals surface area contributed by atoms with Gasteiger partial charge in [-0.1, -0.05) is 19.4 Å². The summed E-state index contributed by atoms with van der Waals surface area (Å²) in [5, 5.41) is 9.31. The Hall–Kier alpha value is -3.11. The molecule has 0 saturated heterocycles. The van der Waals surface area contributed by atoms with Crippen molar-refractivity contribution in [2.45, 2.75) is 31.6 Å². The predicted molar refractivity (Wildman–Crippen MR) is 106 cm³/mol. The number of aryl methyl sites for hydroxylation is 1. The maximum Gasteiger partial charge on any atom is 0.338 e. The van der Waals surface area contributed by atoms with Gasteiger partial charge in [-0.15, -0.1) is 0 Å². The van der Waals surface area contributed by atoms with Crippen LogP contribution in [0.15, 0.2) is 58.5 Å². The van der Waals surface area contributed by atoms with Crippen LogP contribution < -0.4 is 4.90 Å². The number of esters is 1. The molecule has 2 aromatic carbocycles. The van der Waals surface area contributed by atoms with Gasteiger partial charge in [0, 0.05) is 11.9 Å². The number of rotatable bonds is 5. The molecule has 0 radical (unpaired) electrons. The zero-order valence-electron chi connectivity index (χ0n) is 15.7. The highest BCUT2D eigenvalue weighted by atomic mass is 32.2. The largest absolute Gasteiger partial charge is 0.462 e. The number of allylic oxidation sites excluding steroid dienone is 1. The van der Waals surface area contributed by atoms with Crippen molar-refractivity contribution in [1.29, 1.82) is 5.26 Å². The molecule has 0 fully saturated rings. The Morgan fingerprint density at radius 1 is 1.18 bits per heavy atom. The van der Waals surface area contributed by atoms with Crippen molar-refractivity contribution in [3.8, 4) is 6.07 Å². The predicted octanol–water partition coefficient (Wildman–Crippen LogP) is 4.24. The number of nitriles is 1. The van der Waals surface area contributed by atoms with Crippen LogP contribution in [-0.4, -0.2) is 21.0 Å². The number of nitrogens with zero attached hydrogens (tertiary/aromatic N) is 2. The average molecular weight is 396 g/mol. The Balaban J connectivity index is 1.98. The summed E-state index contributed by atoms with van der Waals surface area (Å²) in [5.41, 5.74) is 2.42. The molecular formula is C21H20N2O4S. The van der Waals surface area contributed by atoms with Crippen molar-refractivity contribution in [2.24, 2.45) is 0 Å². The molecule has 144 valence electrons. The van der Waals surface area contributed by atoms with E-state index in [9.17, 15) is 18.5 Å². The van der Waals surface area contributed by atoms with Crippen molar-refractivity contribution >= 4 is 27.2 Å². The van der Waals surface area contributed by atoms with Crippen LogP contribution in [0.1, 0.15) is 35.7 Å². The van der Waals surface area contributed by atoms with E-state index < -0.39 is 15.8 Å². The summed E-state index contributed by atoms with van der Waals surface area (Å²) in [5.74, 6) is -0.397. The first kappa shape index (κ1) is 19.6. The zero-order valence-corrected chi connectivity index (χ0v) is 16.5. The quantitative estimate of drug-likeness (QED) is 0.555. The first-order chi connectivity index (χ1) is 13.4. The summed E-state index contributed by atoms with van der Waals surface area (Å²) < 4.78 is 30.4. The van der Waals surface area contributed by atoms with Gasteiger partial charge in [-0.2, -0.15) is 5.26 Å². The molecule has 1 aliphatic heterocycles. The van der Waals surface area contributed by atoms with E-state index in [1.54, 1.807) is 47.4 Å². The van der Waals surface area contributed by atoms with Crippen LogP contribution in [0.4, 0.5) is 11.4 Å². The van der Waals surface area contributed by atoms with Gasteiger partial charge in [-0.05, 0) is 55.3 Å². The topological polar surface area (TPSA) is 87.5 Å². The first-order valence-corrected chi connectivity index (χ1v) is 10.4. The average Bonchev–Trinajstić information content (AvgIpc) is 2.68. The number of hydrogen-bond donors (Lipinski definition) is 0. The fourth-order valence-electron chi connectivity index (χ4n) is 2.87. The molecule has 0 atom stereocenters. The number of benzene rings is 2. The van der Waals surface area contributed by atoms with E-state index in [4.69, 9.17) is 4.74 Å². The summed E-state index contributed by atoms with van der Waals surface area (Å²) in [6.45, 7) is 4.26. The molecule has 0 amide bonds. The number of ether oxygens (including phenoxy) is 1. The Labute approximate surface area is 164 Å². The van der Waals surface area contributed by atoms with Gasteiger partial charge in [-0.3, -0.25) is 0 Å². The first-order valence-electron chi connectivity index (χ1n) is 8.92. The van der Waals surface area contributed by atoms with Crippen molar-refractivity contribution in [2.75, 3.05) is 11.5 Å². The summed E-state index contributed by atoms with van der Waals surface area (Å²) in [7, 11) is -3.84. The standard InChI is InChI=1S/C21H20N2O4S/c1-3-4-11-27-21(24)16-6-8-17(9-7-16)23-14-18(13-22)28(25,26)20-10-5-15(2)12-19(20)23/h5-10,12,14H,3-4,11H2,1-2H3. The minimum absolute atomic E-state index is 0.0835. The molecule has 1 aliphatic rings. The Morgan fingerprint density at radius 3 is 2.54 bits per heavy atom. The number of carbonyl (C=O) groups excluding carboxylic acids is 1. The van der Waals surface area contributed by atoms with Crippen LogP contribution in [0.5, 0.6) is 0 Å². The normalized spacial score (nSPS) is 14.6. The smallest absolute Gasteiger partial charge is 0.338 e. The third-order valence-corrected chi connectivity index (χ3v) is 6.12. The lowest BCUT2D eigenvalue weighted by atomic mass is 10.1. The minimum atomic E-state index is -3.84. The van der Waals surface area contributed by atoms with E-state index in [1.165, 1.54) is 12.3 Å². The molecule has 0 spiro atoms. The molecule has 0 bridgehead atoms. The number of sulfone groups is 1. The maximum atomic E-state index is 12.6. The lowest BCUT2D eigenvalue weighted by molar-refractivity contribution is 0.0500. The second-order valence-corrected chi connectivity index (χ2v) is 8.37. The summed E-state index contributed by atoms with van der Waals surface area (Å²) in [4.78, 5) is 13.5. The van der Waals surface area contributed by atoms with Crippen molar-refractivity contribution in [3.63, 3.8) is 0 Å². The van der Waals surface area contributed by atoms with E-state index in [0.717, 1.165) is 18.4 Å². The van der Waals surface area contributed by atoms with Gasteiger partial charge in [0.1, 0.15) is 6.07 Å². The molecule has 1 heterocycles. The van der Waals surface area contributed by atoms with Gasteiger partial charge in [-0.25, -0.2) is 13.2 Å². The van der Waals surface area contributed by atoms with Gasteiger partial charge in [0.25, 0.3) is 0 Å². The molecule has 2 aromatic rings. The highest BCUT2D eigenvalue weighted by molar-refractivity contribution is 7.95. The third-order valence-electron chi connectivity index (χ3n) is 4.42. The molecule has 7 heteroatoms. The van der Waals surface area contributed by atoms with Crippen LogP contribution in [-0.2, 0) is 14.6 Å². The monoisotopic (exact) mass is 396 g/mol. The molecule has 0 unspecified atom stereocenters. The van der Waals surface area contributed by atoms with Gasteiger partial charge < -0.3 is 9.64 Å². The summed E-state index contributed by atoms with van der Waals surface area (Å²) >= 11 is 0. The Morgan fingerprint density at radius 2 is 1.89 bits per heavy atom. The number of carbonyl (C=O) groups is 1. The third kappa shape index (κ3) is 3.64. The van der Waals surface area contributed by atoms with Crippen LogP contribution in [0, 0.1) is 18.3 Å². The molecule has 0 aromatic heterocycles. The fraction of sp³-hybridized carbons (Fsp3) is 0.238. The van der Waals surface area contributed by atoms with Crippen LogP contribution in [0.25, 0.3) is 0 Å². The van der Waals surface area contributed by atoms with Gasteiger partial charge in [0.05, 0.1) is 22.8 Å². The van der Waals surface area contributed by atoms with E-state index in [0.29, 0.717) is 23.5 Å². The SMILES string of the molecule is CCCCOC(=O)c1ccc(N2C=C(C#N)S(=O)(=O)c3ccc(C)cc32)cc1. The van der Waals surface area contributed by atoms with Crippen LogP contribution in [0.2, 0.25) is 0 Å². The minimum Gasteiger partial charge on any atom is -0.462 e. The lowest BCUT2D eigenvalue weighted by Gasteiger charge is -2.28. The molecular weight excluding hydrogens is 376 g/mol. The molecule has 28 heavy (non-hydrogen) atoms. The Bertz CT molecular complexity index is 1080. The van der Waals surface area contributed by atoms with E-state index >= 15 is 0 Å². The molecule has 6 nitrogen and oxygen atoms in total. The molecule has 0 N–H and O–H groups in total. The van der Waals surface area contributed by atoms with Crippen LogP contribution >= 0.6 is 0 Å². The van der Waals surface area contributed by atoms with Gasteiger partial charge >= 0.3 is 5.97 Å². The second-order valence-electron chi connectivity index (χ2n) is 6.49. The van der Waals surface area contributed by atoms with E-state index in [2.05, 4.69) is 0 Å². The summed E-state index contributed by atoms with van der Waals surface area (Å²) in [6, 6.07) is 13.4. The number of fused-ring (bicyclic) bond motifs is 1. The number of anilines is 2. The van der Waals surface area contributed by atoms with Crippen molar-refractivity contribution in [1.82, 2.24) is 0 Å². The zero-order chi connectivity index (χ0) is 20.3. The van der Waals surface area contributed by atoms with Crippen LogP contribution in [0.3, 0.4) is 0 Å². The van der Waals surface area contributed by atoms with Crippen molar-refractivity contribution < 1.29 is 17.9 Å². The highest BCUT2D eigenvalue weighted by Gasteiger charge is 2.32. The molecule has 3 rings (SSSR count). The van der Waals surface area contributed by atoms with Crippen molar-refractivity contribution in [3.05, 3.63) is 64.7 Å². The number of unbranched alkanes of at least 4 members (excludes halogenated alkanes) is 1. The highest BCUT2D eigenvalue weighted by Crippen LogP contribution is 2.39. The van der Waals surface area contributed by atoms with Gasteiger partial charge in [0.15, 0.2) is 4.91 Å². The van der Waals surface area contributed by atoms with Gasteiger partial charge in [0.2, 0.25) is 9.84 Å². The lowest BCUT2D eigenvalue weighted by Crippen LogP contribution is -2.21. The maximum absolute atomic E-state index is 12.6. The Kier molecular flexibility index (Phi) is 5.52. The van der Waals surface area contributed by atoms with E-state index in [-0.39, 0.29) is 9.80 Å². The summed E-state index contributed by atoms with van der Waals surface area (Å²) in [6.07, 6.45) is 3.06. The second kappa shape index (κ2) is 7.87. The molecule has 0 saturated carbocycles. The van der Waals surface area contributed by atoms with E-state index in [1.807, 2.05) is 13.8 Å². The number of hydrogen-bond acceptors (Lipinski definition) is 6.